The van der Waals surface area contributed by atoms with E-state index in [0.717, 1.165) is 41.7 Å². The van der Waals surface area contributed by atoms with Gasteiger partial charge in [-0.15, -0.1) is 0 Å². The van der Waals surface area contributed by atoms with Crippen LogP contribution in [0.1, 0.15) is 117 Å². The minimum atomic E-state index is -0.758. The van der Waals surface area contributed by atoms with E-state index in [2.05, 4.69) is 39.2 Å². The Morgan fingerprint density at radius 2 is 1.83 bits per heavy atom. The average molecular weight is 587 g/mol. The predicted octanol–water partition coefficient (Wildman–Crippen LogP) is 6.84. The van der Waals surface area contributed by atoms with Crippen LogP contribution in [0.4, 0.5) is 4.79 Å². The number of carbonyl (C=O) groups is 2. The molecule has 0 bridgehead atoms. The van der Waals surface area contributed by atoms with E-state index in [1.165, 1.54) is 0 Å². The van der Waals surface area contributed by atoms with E-state index < -0.39 is 11.3 Å². The first-order valence-electron chi connectivity index (χ1n) is 15.4. The van der Waals surface area contributed by atoms with Crippen molar-refractivity contribution in [2.24, 2.45) is 18.9 Å². The van der Waals surface area contributed by atoms with Gasteiger partial charge in [-0.05, 0) is 72.1 Å². The number of aromatic nitrogens is 3. The molecular weight excluding hydrogens is 532 g/mol. The third kappa shape index (κ3) is 7.90. The number of ether oxygens (including phenoxy) is 3. The van der Waals surface area contributed by atoms with E-state index in [1.54, 1.807) is 18.2 Å². The molecule has 9 nitrogen and oxygen atoms in total. The second-order valence-electron chi connectivity index (χ2n) is 14.7. The van der Waals surface area contributed by atoms with Gasteiger partial charge in [0.15, 0.2) is 11.4 Å². The zero-order valence-electron chi connectivity index (χ0n) is 28.1. The smallest absolute Gasteiger partial charge is 0.412 e. The molecular formula is C33H54N4O5. The van der Waals surface area contributed by atoms with Crippen molar-refractivity contribution < 1.29 is 23.8 Å². The van der Waals surface area contributed by atoms with Crippen LogP contribution in [-0.2, 0) is 33.1 Å². The fourth-order valence-electron chi connectivity index (χ4n) is 6.35. The van der Waals surface area contributed by atoms with Crippen molar-refractivity contribution in [3.8, 4) is 0 Å². The molecule has 0 unspecified atom stereocenters. The van der Waals surface area contributed by atoms with Crippen LogP contribution in [-0.4, -0.2) is 69.0 Å². The topological polar surface area (TPSA) is 95.8 Å². The molecule has 0 N–H and O–H groups in total. The summed E-state index contributed by atoms with van der Waals surface area (Å²) in [6.45, 7) is 21.4. The summed E-state index contributed by atoms with van der Waals surface area (Å²) in [4.78, 5) is 38.0. The summed E-state index contributed by atoms with van der Waals surface area (Å²) in [5.41, 5.74) is 2.77. The van der Waals surface area contributed by atoms with Crippen LogP contribution in [0.2, 0.25) is 0 Å². The molecule has 2 atom stereocenters. The number of rotatable bonds is 11. The number of aryl methyl sites for hydroxylation is 1. The summed E-state index contributed by atoms with van der Waals surface area (Å²) in [7, 11) is 3.70. The summed E-state index contributed by atoms with van der Waals surface area (Å²) in [6.07, 6.45) is 4.78. The third-order valence-electron chi connectivity index (χ3n) is 7.94. The number of Topliss-reactive ketones (excluding diaryl/α,β-unsaturated/α-hetero) is 1. The number of amides is 1. The Labute approximate surface area is 252 Å². The number of hydrogen-bond donors (Lipinski definition) is 0. The van der Waals surface area contributed by atoms with Crippen LogP contribution in [0.3, 0.4) is 0 Å². The maximum atomic E-state index is 13.4. The SMILES string of the molecule is COCCc1c(C(C)(C)C)n(C)c2nc(C(=O)CCC[C@@H](CC(C)C)[C@@H]3COC(C)(C)N3C(=O)OC(C)(C)C)cnc12. The molecule has 1 fully saturated rings. The van der Waals surface area contributed by atoms with Crippen molar-refractivity contribution in [2.75, 3.05) is 20.3 Å². The maximum absolute atomic E-state index is 13.4. The summed E-state index contributed by atoms with van der Waals surface area (Å²) in [5.74, 6) is 0.590. The van der Waals surface area contributed by atoms with Crippen LogP contribution in [0, 0.1) is 11.8 Å². The lowest BCUT2D eigenvalue weighted by Crippen LogP contribution is -2.52. The number of fused-ring (bicyclic) bond motifs is 1. The van der Waals surface area contributed by atoms with Gasteiger partial charge in [0.25, 0.3) is 0 Å². The minimum Gasteiger partial charge on any atom is -0.444 e. The van der Waals surface area contributed by atoms with Gasteiger partial charge in [0.2, 0.25) is 0 Å². The average Bonchev–Trinajstić information content (AvgIpc) is 3.32. The van der Waals surface area contributed by atoms with Crippen molar-refractivity contribution in [1.29, 1.82) is 0 Å². The van der Waals surface area contributed by atoms with Crippen molar-refractivity contribution in [3.05, 3.63) is 23.1 Å². The molecule has 42 heavy (non-hydrogen) atoms. The molecule has 9 heteroatoms. The molecule has 0 spiro atoms. The standard InChI is InChI=1S/C33H54N4O5/c1-21(2)18-22(25-20-41-33(9,10)37(25)30(39)42-32(6,7)8)14-13-15-26(38)24-19-34-27-23(16-17-40-12)28(31(3,4)5)36(11)29(27)35-24/h19,21-22,25H,13-18,20H2,1-12H3/t22-,25-/m0/s1. The van der Waals surface area contributed by atoms with Gasteiger partial charge in [-0.2, -0.15) is 0 Å². The Balaban J connectivity index is 1.79. The van der Waals surface area contributed by atoms with Gasteiger partial charge in [-0.3, -0.25) is 14.7 Å². The first-order valence-corrected chi connectivity index (χ1v) is 15.4. The highest BCUT2D eigenvalue weighted by molar-refractivity contribution is 5.95. The third-order valence-corrected chi connectivity index (χ3v) is 7.94. The fraction of sp³-hybridized carbons (Fsp3) is 0.758. The predicted molar refractivity (Wildman–Crippen MR) is 166 cm³/mol. The summed E-state index contributed by atoms with van der Waals surface area (Å²) < 4.78 is 19.3. The molecule has 0 saturated carbocycles. The molecule has 1 aliphatic rings. The minimum absolute atomic E-state index is 0.0170. The van der Waals surface area contributed by atoms with Crippen LogP contribution >= 0.6 is 0 Å². The Morgan fingerprint density at radius 3 is 2.40 bits per heavy atom. The Bertz CT molecular complexity index is 1250. The van der Waals surface area contributed by atoms with E-state index in [9.17, 15) is 9.59 Å². The number of carbonyl (C=O) groups excluding carboxylic acids is 2. The zero-order chi connectivity index (χ0) is 31.6. The molecule has 1 saturated heterocycles. The van der Waals surface area contributed by atoms with E-state index in [1.807, 2.05) is 41.7 Å². The first-order chi connectivity index (χ1) is 19.4. The van der Waals surface area contributed by atoms with E-state index >= 15 is 0 Å². The highest BCUT2D eigenvalue weighted by atomic mass is 16.6. The van der Waals surface area contributed by atoms with Gasteiger partial charge >= 0.3 is 6.09 Å². The lowest BCUT2D eigenvalue weighted by atomic mass is 9.85. The van der Waals surface area contributed by atoms with Gasteiger partial charge in [-0.25, -0.2) is 9.78 Å². The Hall–Kier alpha value is -2.52. The molecule has 2 aromatic rings. The number of ketones is 1. The molecule has 3 rings (SSSR count). The molecule has 1 amide bonds. The van der Waals surface area contributed by atoms with Gasteiger partial charge < -0.3 is 18.8 Å². The van der Waals surface area contributed by atoms with E-state index in [4.69, 9.17) is 24.2 Å². The lowest BCUT2D eigenvalue weighted by molar-refractivity contribution is -0.0650. The zero-order valence-corrected chi connectivity index (χ0v) is 28.1. The number of methoxy groups -OCH3 is 1. The molecule has 0 aliphatic carbocycles. The number of hydrogen-bond acceptors (Lipinski definition) is 7. The quantitative estimate of drug-likeness (QED) is 0.266. The van der Waals surface area contributed by atoms with Crippen LogP contribution in [0.5, 0.6) is 0 Å². The van der Waals surface area contributed by atoms with Gasteiger partial charge in [0, 0.05) is 37.3 Å². The molecule has 2 aromatic heterocycles. The van der Waals surface area contributed by atoms with Gasteiger partial charge in [-0.1, -0.05) is 34.6 Å². The van der Waals surface area contributed by atoms with Crippen LogP contribution in [0.25, 0.3) is 11.2 Å². The highest BCUT2D eigenvalue weighted by Gasteiger charge is 2.48. The largest absolute Gasteiger partial charge is 0.444 e. The van der Waals surface area contributed by atoms with Gasteiger partial charge in [0.1, 0.15) is 22.5 Å². The molecule has 3 heterocycles. The summed E-state index contributed by atoms with van der Waals surface area (Å²) >= 11 is 0. The molecule has 0 aromatic carbocycles. The number of nitrogens with zero attached hydrogens (tertiary/aromatic N) is 4. The maximum Gasteiger partial charge on any atom is 0.412 e. The molecule has 1 aliphatic heterocycles. The summed E-state index contributed by atoms with van der Waals surface area (Å²) in [6, 6.07) is -0.117. The van der Waals surface area contributed by atoms with Crippen molar-refractivity contribution in [3.63, 3.8) is 0 Å². The van der Waals surface area contributed by atoms with Crippen molar-refractivity contribution in [2.45, 2.75) is 124 Å². The van der Waals surface area contributed by atoms with Crippen LogP contribution < -0.4 is 0 Å². The van der Waals surface area contributed by atoms with Crippen molar-refractivity contribution in [1.82, 2.24) is 19.4 Å². The lowest BCUT2D eigenvalue weighted by Gasteiger charge is -2.38. The Kier molecular flexibility index (Phi) is 10.5. The first kappa shape index (κ1) is 34.0. The second-order valence-corrected chi connectivity index (χ2v) is 14.7. The normalized spacial score (nSPS) is 18.2. The van der Waals surface area contributed by atoms with Crippen molar-refractivity contribution >= 4 is 23.0 Å². The van der Waals surface area contributed by atoms with Crippen LogP contribution in [0.15, 0.2) is 6.20 Å². The monoisotopic (exact) mass is 586 g/mol. The van der Waals surface area contributed by atoms with Gasteiger partial charge in [0.05, 0.1) is 25.5 Å². The molecule has 236 valence electrons. The summed E-state index contributed by atoms with van der Waals surface area (Å²) in [5, 5.41) is 0. The fourth-order valence-corrected chi connectivity index (χ4v) is 6.35. The second kappa shape index (κ2) is 13.0. The molecule has 0 radical (unpaired) electrons. The van der Waals surface area contributed by atoms with E-state index in [-0.39, 0.29) is 29.3 Å². The van der Waals surface area contributed by atoms with E-state index in [0.29, 0.717) is 37.7 Å². The highest BCUT2D eigenvalue weighted by Crippen LogP contribution is 2.37. The Morgan fingerprint density at radius 1 is 1.17 bits per heavy atom.